The number of aliphatic carboxylic acids is 1. The molecule has 0 aromatic heterocycles. The second-order valence-electron chi connectivity index (χ2n) is 10.7. The van der Waals surface area contributed by atoms with Gasteiger partial charge < -0.3 is 26.4 Å². The molecule has 8 atom stereocenters. The Labute approximate surface area is 211 Å². The van der Waals surface area contributed by atoms with Crippen LogP contribution in [-0.2, 0) is 19.2 Å². The lowest BCUT2D eigenvalue weighted by Gasteiger charge is -2.47. The average molecular weight is 507 g/mol. The number of fused-ring (bicyclic) bond motifs is 1. The first-order chi connectivity index (χ1) is 16.6. The van der Waals surface area contributed by atoms with Gasteiger partial charge in [0.05, 0.1) is 12.0 Å². The van der Waals surface area contributed by atoms with Crippen LogP contribution >= 0.6 is 11.8 Å². The van der Waals surface area contributed by atoms with Crippen molar-refractivity contribution in [2.75, 3.05) is 13.1 Å². The molecule has 2 saturated heterocycles. The fraction of sp³-hybridized carbons (Fsp3) is 0.760. The zero-order valence-electron chi connectivity index (χ0n) is 20.8. The van der Waals surface area contributed by atoms with Crippen molar-refractivity contribution < 1.29 is 24.3 Å². The number of β-lactam (4-membered cyclic amide) rings is 1. The van der Waals surface area contributed by atoms with Gasteiger partial charge in [0, 0.05) is 60.0 Å². The average Bonchev–Trinajstić information content (AvgIpc) is 3.50. The third kappa shape index (κ3) is 5.15. The predicted octanol–water partition coefficient (Wildman–Crippen LogP) is 1.47. The standard InChI is InChI=1S/C25H38N4O5S/c1-4-17(30)7-12(2)19-20-13(3)22(21(25(33)34)29(20)24(19)32)35-18-9-16(27-11-18)10-28-23(31)14-5-6-15(26)8-14/h12-16,18-20,27H,4-11,26H2,1-3H3,(H,28,31)(H,33,34)/t12-,13+,14-,15+,16-,18-,19+,20+/m0/s1. The maximum absolute atomic E-state index is 13.0. The first kappa shape index (κ1) is 26.2. The summed E-state index contributed by atoms with van der Waals surface area (Å²) in [6, 6.07) is 0.0514. The number of nitrogens with two attached hydrogens (primary N) is 1. The molecule has 194 valence electrons. The normalized spacial score (nSPS) is 35.1. The van der Waals surface area contributed by atoms with Gasteiger partial charge in [-0.05, 0) is 31.6 Å². The number of thioether (sulfide) groups is 1. The molecular weight excluding hydrogens is 468 g/mol. The molecule has 3 aliphatic heterocycles. The SMILES string of the molecule is CCC(=O)C[C@H](C)[C@H]1C(=O)N2C(C(=O)O)=C(S[C@@H]3CN[C@H](CNC(=O)[C@H]4CC[C@@H](N)C4)C3)[C@H](C)[C@H]12. The molecule has 5 N–H and O–H groups in total. The Morgan fingerprint density at radius 2 is 2.03 bits per heavy atom. The number of rotatable bonds is 10. The first-order valence-corrected chi connectivity index (χ1v) is 13.8. The summed E-state index contributed by atoms with van der Waals surface area (Å²) in [7, 11) is 0. The first-order valence-electron chi connectivity index (χ1n) is 12.9. The molecule has 1 aliphatic carbocycles. The van der Waals surface area contributed by atoms with E-state index < -0.39 is 5.97 Å². The maximum Gasteiger partial charge on any atom is 0.353 e. The number of amides is 2. The van der Waals surface area contributed by atoms with Gasteiger partial charge in [0.1, 0.15) is 11.5 Å². The molecule has 1 saturated carbocycles. The molecule has 3 fully saturated rings. The maximum atomic E-state index is 13.0. The highest BCUT2D eigenvalue weighted by Gasteiger charge is 2.60. The summed E-state index contributed by atoms with van der Waals surface area (Å²) in [4.78, 5) is 51.7. The Morgan fingerprint density at radius 1 is 1.29 bits per heavy atom. The van der Waals surface area contributed by atoms with Gasteiger partial charge in [0.25, 0.3) is 0 Å². The van der Waals surface area contributed by atoms with E-state index in [0.29, 0.717) is 25.9 Å². The van der Waals surface area contributed by atoms with Crippen LogP contribution in [0, 0.1) is 23.7 Å². The summed E-state index contributed by atoms with van der Waals surface area (Å²) in [5, 5.41) is 16.6. The van der Waals surface area contributed by atoms with Crippen LogP contribution in [0.1, 0.15) is 59.3 Å². The van der Waals surface area contributed by atoms with Crippen molar-refractivity contribution in [2.24, 2.45) is 29.4 Å². The second kappa shape index (κ2) is 10.6. The minimum atomic E-state index is -1.07. The van der Waals surface area contributed by atoms with E-state index in [1.165, 1.54) is 4.90 Å². The van der Waals surface area contributed by atoms with Gasteiger partial charge in [-0.15, -0.1) is 11.8 Å². The molecular formula is C25H38N4O5S. The largest absolute Gasteiger partial charge is 0.477 e. The monoisotopic (exact) mass is 506 g/mol. The lowest BCUT2D eigenvalue weighted by Crippen LogP contribution is -2.62. The molecule has 0 bridgehead atoms. The highest BCUT2D eigenvalue weighted by molar-refractivity contribution is 8.03. The summed E-state index contributed by atoms with van der Waals surface area (Å²) in [6.45, 7) is 6.99. The molecule has 2 amide bonds. The van der Waals surface area contributed by atoms with Crippen molar-refractivity contribution in [3.63, 3.8) is 0 Å². The van der Waals surface area contributed by atoms with Crippen LogP contribution in [0.25, 0.3) is 0 Å². The molecule has 0 radical (unpaired) electrons. The number of carboxylic acid groups (broad SMARTS) is 1. The van der Waals surface area contributed by atoms with Crippen LogP contribution in [0.2, 0.25) is 0 Å². The van der Waals surface area contributed by atoms with Gasteiger partial charge in [0.2, 0.25) is 11.8 Å². The van der Waals surface area contributed by atoms with Crippen molar-refractivity contribution in [2.45, 2.75) is 82.7 Å². The van der Waals surface area contributed by atoms with Crippen molar-refractivity contribution >= 4 is 35.3 Å². The number of ketones is 1. The molecule has 9 nitrogen and oxygen atoms in total. The number of carbonyl (C=O) groups is 4. The Morgan fingerprint density at radius 3 is 2.66 bits per heavy atom. The topological polar surface area (TPSA) is 142 Å². The summed E-state index contributed by atoms with van der Waals surface area (Å²) in [5.41, 5.74) is 6.03. The fourth-order valence-corrected chi connectivity index (χ4v) is 7.75. The van der Waals surface area contributed by atoms with Crippen molar-refractivity contribution in [3.05, 3.63) is 10.6 Å². The molecule has 0 unspecified atom stereocenters. The second-order valence-corrected chi connectivity index (χ2v) is 12.0. The van der Waals surface area contributed by atoms with E-state index >= 15 is 0 Å². The molecule has 0 spiro atoms. The molecule has 35 heavy (non-hydrogen) atoms. The third-order valence-corrected chi connectivity index (χ3v) is 9.70. The number of nitrogens with one attached hydrogen (secondary N) is 2. The van der Waals surface area contributed by atoms with E-state index in [4.69, 9.17) is 5.73 Å². The van der Waals surface area contributed by atoms with E-state index in [1.54, 1.807) is 11.8 Å². The van der Waals surface area contributed by atoms with Gasteiger partial charge in [-0.25, -0.2) is 4.79 Å². The van der Waals surface area contributed by atoms with Gasteiger partial charge in [-0.3, -0.25) is 14.4 Å². The van der Waals surface area contributed by atoms with Crippen LogP contribution < -0.4 is 16.4 Å². The van der Waals surface area contributed by atoms with E-state index in [2.05, 4.69) is 10.6 Å². The van der Waals surface area contributed by atoms with E-state index in [0.717, 1.165) is 30.6 Å². The summed E-state index contributed by atoms with van der Waals surface area (Å²) in [6.07, 6.45) is 4.08. The van der Waals surface area contributed by atoms with Gasteiger partial charge in [-0.1, -0.05) is 20.8 Å². The molecule has 0 aromatic carbocycles. The summed E-state index contributed by atoms with van der Waals surface area (Å²) < 4.78 is 0. The molecule has 3 heterocycles. The molecule has 0 aromatic rings. The molecule has 4 rings (SSSR count). The van der Waals surface area contributed by atoms with Gasteiger partial charge in [-0.2, -0.15) is 0 Å². The number of Topliss-reactive ketones (excluding diaryl/α,β-unsaturated/α-hetero) is 1. The van der Waals surface area contributed by atoms with Crippen LogP contribution in [0.3, 0.4) is 0 Å². The van der Waals surface area contributed by atoms with Crippen LogP contribution in [0.15, 0.2) is 10.6 Å². The summed E-state index contributed by atoms with van der Waals surface area (Å²) >= 11 is 1.55. The third-order valence-electron chi connectivity index (χ3n) is 8.19. The van der Waals surface area contributed by atoms with E-state index in [-0.39, 0.29) is 70.3 Å². The Balaban J connectivity index is 1.35. The summed E-state index contributed by atoms with van der Waals surface area (Å²) in [5.74, 6) is -1.56. The zero-order valence-corrected chi connectivity index (χ0v) is 21.6. The smallest absolute Gasteiger partial charge is 0.353 e. The van der Waals surface area contributed by atoms with E-state index in [1.807, 2.05) is 20.8 Å². The minimum Gasteiger partial charge on any atom is -0.477 e. The number of hydrogen-bond acceptors (Lipinski definition) is 7. The Bertz CT molecular complexity index is 924. The lowest BCUT2D eigenvalue weighted by molar-refractivity contribution is -0.160. The Hall–Kier alpha value is -1.91. The lowest BCUT2D eigenvalue weighted by atomic mass is 9.73. The van der Waals surface area contributed by atoms with Crippen LogP contribution in [0.4, 0.5) is 0 Å². The number of hydrogen-bond donors (Lipinski definition) is 4. The van der Waals surface area contributed by atoms with Crippen LogP contribution in [-0.4, -0.2) is 70.0 Å². The van der Waals surface area contributed by atoms with E-state index in [9.17, 15) is 24.3 Å². The van der Waals surface area contributed by atoms with Crippen molar-refractivity contribution in [1.82, 2.24) is 15.5 Å². The van der Waals surface area contributed by atoms with Crippen molar-refractivity contribution in [3.8, 4) is 0 Å². The minimum absolute atomic E-state index is 0.00390. The molecule has 4 aliphatic rings. The van der Waals surface area contributed by atoms with Crippen molar-refractivity contribution in [1.29, 1.82) is 0 Å². The van der Waals surface area contributed by atoms with Crippen LogP contribution in [0.5, 0.6) is 0 Å². The highest BCUT2D eigenvalue weighted by Crippen LogP contribution is 2.53. The zero-order chi connectivity index (χ0) is 25.4. The molecule has 10 heteroatoms. The highest BCUT2D eigenvalue weighted by atomic mass is 32.2. The van der Waals surface area contributed by atoms with Gasteiger partial charge >= 0.3 is 5.97 Å². The quantitative estimate of drug-likeness (QED) is 0.326. The predicted molar refractivity (Wildman–Crippen MR) is 133 cm³/mol. The van der Waals surface area contributed by atoms with Gasteiger partial charge in [0.15, 0.2) is 0 Å². The Kier molecular flexibility index (Phi) is 7.92. The number of nitrogens with zero attached hydrogens (tertiary/aromatic N) is 1. The fourth-order valence-electron chi connectivity index (χ4n) is 6.23. The number of carbonyl (C=O) groups excluding carboxylic acids is 3. The number of carboxylic acids is 1.